The number of aliphatic hydroxyl groups is 1. The Morgan fingerprint density at radius 3 is 2.50 bits per heavy atom. The number of likely N-dealkylation sites (N-methyl/N-ethyl adjacent to an activating group) is 1. The molecule has 0 bridgehead atoms. The van der Waals surface area contributed by atoms with Crippen molar-refractivity contribution < 1.29 is 58.3 Å². The maximum absolute atomic E-state index is 14.5. The summed E-state index contributed by atoms with van der Waals surface area (Å²) in [4.78, 5) is 87.9. The van der Waals surface area contributed by atoms with Crippen LogP contribution < -0.4 is 20.3 Å². The first-order valence-electron chi connectivity index (χ1n) is 22.9. The second kappa shape index (κ2) is 22.5. The highest BCUT2D eigenvalue weighted by Crippen LogP contribution is 2.47. The van der Waals surface area contributed by atoms with E-state index in [2.05, 4.69) is 15.6 Å². The molecule has 7 rings (SSSR count). The number of rotatable bonds is 17. The zero-order valence-corrected chi connectivity index (χ0v) is 39.8. The fraction of sp³-hybridized carbons (Fsp3) is 0.380. The van der Waals surface area contributed by atoms with Crippen molar-refractivity contribution in [3.8, 4) is 11.5 Å². The van der Waals surface area contributed by atoms with E-state index in [0.717, 1.165) is 16.5 Å². The number of alkyl halides is 1. The SMILES string of the molecule is Cc1cccc2c(OC(=O)N(CCOCCO)CCN(C)C(=O)O[C@H]3/C=C/CC[C@@](C)(C(=O)NCC(=O)O)CC3)cc3c(c12)[C@H](CCl)CN3C(=O)c1cn2cc(NC(=O)c3ccc(O)cc3)ccc2n1. The number of amides is 5. The molecule has 1 aliphatic heterocycles. The molecule has 0 saturated carbocycles. The number of phenols is 1. The molecule has 0 saturated heterocycles. The average Bonchev–Trinajstić information content (AvgIpc) is 3.94. The third kappa shape index (κ3) is 11.8. The highest BCUT2D eigenvalue weighted by Gasteiger charge is 2.38. The van der Waals surface area contributed by atoms with Crippen molar-refractivity contribution in [3.05, 3.63) is 108 Å². The van der Waals surface area contributed by atoms with E-state index >= 15 is 0 Å². The lowest BCUT2D eigenvalue weighted by molar-refractivity contribution is -0.140. The smallest absolute Gasteiger partial charge is 0.415 e. The number of halogens is 1. The van der Waals surface area contributed by atoms with Gasteiger partial charge < -0.3 is 59.3 Å². The molecule has 0 unspecified atom stereocenters. The Morgan fingerprint density at radius 1 is 0.971 bits per heavy atom. The minimum atomic E-state index is -1.15. The summed E-state index contributed by atoms with van der Waals surface area (Å²) in [6, 6.07) is 16.4. The maximum atomic E-state index is 14.5. The van der Waals surface area contributed by atoms with Gasteiger partial charge in [0.15, 0.2) is 0 Å². The van der Waals surface area contributed by atoms with E-state index in [1.165, 1.54) is 41.1 Å². The number of imidazole rings is 1. The van der Waals surface area contributed by atoms with Gasteiger partial charge in [0.25, 0.3) is 11.8 Å². The Balaban J connectivity index is 1.08. The zero-order chi connectivity index (χ0) is 50.1. The van der Waals surface area contributed by atoms with Crippen molar-refractivity contribution in [1.82, 2.24) is 24.5 Å². The van der Waals surface area contributed by atoms with Crippen LogP contribution in [0.2, 0.25) is 0 Å². The van der Waals surface area contributed by atoms with Crippen molar-refractivity contribution in [2.24, 2.45) is 5.41 Å². The second-order valence-corrected chi connectivity index (χ2v) is 17.9. The summed E-state index contributed by atoms with van der Waals surface area (Å²) in [7, 11) is 1.53. The number of hydrogen-bond donors (Lipinski definition) is 5. The van der Waals surface area contributed by atoms with Crippen LogP contribution in [0, 0.1) is 12.3 Å². The predicted octanol–water partition coefficient (Wildman–Crippen LogP) is 6.32. The molecule has 3 aromatic carbocycles. The van der Waals surface area contributed by atoms with E-state index in [9.17, 15) is 39.0 Å². The molecule has 0 radical (unpaired) electrons. The average molecular weight is 982 g/mol. The number of aliphatic carboxylic acids is 1. The molecular formula is C50H56ClN7O12. The lowest BCUT2D eigenvalue weighted by atomic mass is 9.78. The molecule has 19 nitrogen and oxygen atoms in total. The fourth-order valence-corrected chi connectivity index (χ4v) is 8.87. The van der Waals surface area contributed by atoms with E-state index in [4.69, 9.17) is 30.9 Å². The number of carbonyl (C=O) groups is 6. The first kappa shape index (κ1) is 50.7. The largest absolute Gasteiger partial charge is 0.508 e. The molecule has 5 N–H and O–H groups in total. The van der Waals surface area contributed by atoms with E-state index in [0.29, 0.717) is 53.7 Å². The second-order valence-electron chi connectivity index (χ2n) is 17.6. The number of phenolic OH excluding ortho intramolecular Hbond substituents is 1. The van der Waals surface area contributed by atoms with Crippen LogP contribution in [-0.4, -0.2) is 142 Å². The minimum absolute atomic E-state index is 0.00777. The topological polar surface area (TPSA) is 242 Å². The Kier molecular flexibility index (Phi) is 16.3. The molecule has 70 heavy (non-hydrogen) atoms. The van der Waals surface area contributed by atoms with Gasteiger partial charge in [-0.2, -0.15) is 0 Å². The number of anilines is 2. The van der Waals surface area contributed by atoms with E-state index < -0.39 is 48.0 Å². The molecule has 0 fully saturated rings. The summed E-state index contributed by atoms with van der Waals surface area (Å²) in [6.07, 6.45) is 6.40. The molecule has 5 amide bonds. The maximum Gasteiger partial charge on any atom is 0.415 e. The molecule has 20 heteroatoms. The normalized spacial score (nSPS) is 18.0. The highest BCUT2D eigenvalue weighted by atomic mass is 35.5. The number of carboxylic acid groups (broad SMARTS) is 1. The highest BCUT2D eigenvalue weighted by molar-refractivity contribution is 6.19. The monoisotopic (exact) mass is 981 g/mol. The number of allylic oxidation sites excluding steroid dienone is 1. The molecule has 2 aliphatic rings. The molecule has 370 valence electrons. The predicted molar refractivity (Wildman–Crippen MR) is 260 cm³/mol. The van der Waals surface area contributed by atoms with E-state index in [1.807, 2.05) is 31.2 Å². The summed E-state index contributed by atoms with van der Waals surface area (Å²) in [5.41, 5.74) is 2.67. The van der Waals surface area contributed by atoms with Crippen LogP contribution in [0.5, 0.6) is 11.5 Å². The number of aliphatic hydroxyl groups excluding tert-OH is 1. The lowest BCUT2D eigenvalue weighted by Gasteiger charge is -2.31. The van der Waals surface area contributed by atoms with Gasteiger partial charge in [0.05, 0.1) is 31.2 Å². The molecular weight excluding hydrogens is 926 g/mol. The number of nitrogens with zero attached hydrogens (tertiary/aromatic N) is 5. The van der Waals surface area contributed by atoms with Crippen molar-refractivity contribution in [1.29, 1.82) is 0 Å². The van der Waals surface area contributed by atoms with Gasteiger partial charge in [-0.1, -0.05) is 31.2 Å². The van der Waals surface area contributed by atoms with Crippen molar-refractivity contribution in [2.75, 3.05) is 75.7 Å². The first-order valence-corrected chi connectivity index (χ1v) is 23.4. The number of carbonyl (C=O) groups excluding carboxylic acids is 5. The lowest BCUT2D eigenvalue weighted by Crippen LogP contribution is -2.43. The molecule has 0 spiro atoms. The van der Waals surface area contributed by atoms with Crippen LogP contribution in [-0.2, 0) is 19.1 Å². The van der Waals surface area contributed by atoms with Crippen molar-refractivity contribution in [2.45, 2.75) is 51.6 Å². The Morgan fingerprint density at radius 2 is 1.76 bits per heavy atom. The molecule has 2 aromatic heterocycles. The molecule has 5 aromatic rings. The van der Waals surface area contributed by atoms with Crippen LogP contribution in [0.25, 0.3) is 16.4 Å². The van der Waals surface area contributed by atoms with E-state index in [1.54, 1.807) is 52.9 Å². The molecule has 3 atom stereocenters. The number of hydrogen-bond acceptors (Lipinski definition) is 12. The van der Waals surface area contributed by atoms with Crippen LogP contribution >= 0.6 is 11.6 Å². The van der Waals surface area contributed by atoms with Gasteiger partial charge in [0.1, 0.15) is 35.5 Å². The quantitative estimate of drug-likeness (QED) is 0.0390. The fourth-order valence-electron chi connectivity index (χ4n) is 8.61. The van der Waals surface area contributed by atoms with Gasteiger partial charge in [0.2, 0.25) is 5.91 Å². The Hall–Kier alpha value is -7.22. The third-order valence-corrected chi connectivity index (χ3v) is 12.9. The Bertz CT molecular complexity index is 2800. The van der Waals surface area contributed by atoms with Crippen molar-refractivity contribution in [3.63, 3.8) is 0 Å². The number of benzene rings is 3. The number of ether oxygens (including phenoxy) is 3. The minimum Gasteiger partial charge on any atom is -0.508 e. The standard InChI is InChI=1S/C50H56ClN7O12/c1-31-7-6-9-37-40(70-49(67)56(21-23-68-24-22-59)20-19-55(3)48(66)69-36-8-4-5-17-50(2,18-16-36)47(65)52-27-42(61)62)25-39-44(43(31)37)33(26-51)28-58(39)46(64)38-30-57-29-34(12-15-41(57)54-38)53-45(63)32-10-13-35(60)14-11-32/h4,6-15,25,29-30,33,36,59-60H,5,16-24,26-28H2,1-3H3,(H,52,65)(H,53,63)(H,61,62)/b8-4+/t33-,36+,50-/m1/s1. The number of fused-ring (bicyclic) bond motifs is 4. The number of aromatic hydroxyl groups is 1. The van der Waals surface area contributed by atoms with Crippen LogP contribution in [0.3, 0.4) is 0 Å². The number of aryl methyl sites for hydroxylation is 1. The number of nitrogens with one attached hydrogen (secondary N) is 2. The molecule has 1 aliphatic carbocycles. The van der Waals surface area contributed by atoms with Gasteiger partial charge >= 0.3 is 18.2 Å². The number of carboxylic acids is 1. The van der Waals surface area contributed by atoms with Gasteiger partial charge in [-0.05, 0) is 91.6 Å². The zero-order valence-electron chi connectivity index (χ0n) is 39.1. The number of aromatic nitrogens is 2. The van der Waals surface area contributed by atoms with Crippen LogP contribution in [0.1, 0.15) is 70.5 Å². The number of pyridine rings is 1. The van der Waals surface area contributed by atoms with E-state index in [-0.39, 0.29) is 80.9 Å². The summed E-state index contributed by atoms with van der Waals surface area (Å²) < 4.78 is 19.2. The molecule has 3 heterocycles. The third-order valence-electron chi connectivity index (χ3n) is 12.6. The summed E-state index contributed by atoms with van der Waals surface area (Å²) in [5.74, 6) is -2.24. The first-order chi connectivity index (χ1) is 33.6. The van der Waals surface area contributed by atoms with Gasteiger partial charge in [0, 0.05) is 79.8 Å². The van der Waals surface area contributed by atoms with Gasteiger partial charge in [-0.3, -0.25) is 19.2 Å². The summed E-state index contributed by atoms with van der Waals surface area (Å²) >= 11 is 6.61. The van der Waals surface area contributed by atoms with Crippen molar-refractivity contribution >= 4 is 75.3 Å². The van der Waals surface area contributed by atoms with Crippen LogP contribution in [0.4, 0.5) is 21.0 Å². The van der Waals surface area contributed by atoms with Gasteiger partial charge in [-0.25, -0.2) is 14.6 Å². The Labute approximate surface area is 408 Å². The summed E-state index contributed by atoms with van der Waals surface area (Å²) in [6.45, 7) is 3.32. The summed E-state index contributed by atoms with van der Waals surface area (Å²) in [5, 5.41) is 34.6. The van der Waals surface area contributed by atoms with Crippen LogP contribution in [0.15, 0.2) is 85.2 Å². The van der Waals surface area contributed by atoms with Gasteiger partial charge in [-0.15, -0.1) is 11.6 Å².